The Morgan fingerprint density at radius 1 is 1.25 bits per heavy atom. The molecular formula is C14H29NO. The van der Waals surface area contributed by atoms with E-state index < -0.39 is 0 Å². The molecule has 0 heterocycles. The van der Waals surface area contributed by atoms with Crippen molar-refractivity contribution in [2.45, 2.75) is 70.9 Å². The average molecular weight is 227 g/mol. The van der Waals surface area contributed by atoms with E-state index in [1.165, 1.54) is 44.9 Å². The first-order chi connectivity index (χ1) is 7.77. The van der Waals surface area contributed by atoms with E-state index in [-0.39, 0.29) is 0 Å². The van der Waals surface area contributed by atoms with Crippen molar-refractivity contribution in [3.8, 4) is 0 Å². The minimum Gasteiger partial charge on any atom is -0.377 e. The minimum atomic E-state index is 0.437. The first-order valence-electron chi connectivity index (χ1n) is 7.06. The van der Waals surface area contributed by atoms with Crippen LogP contribution >= 0.6 is 0 Å². The van der Waals surface area contributed by atoms with E-state index in [9.17, 15) is 0 Å². The molecule has 0 aromatic heterocycles. The van der Waals surface area contributed by atoms with Crippen molar-refractivity contribution in [1.82, 2.24) is 5.32 Å². The SMILES string of the molecule is CCCCCCC(C)OCC(NC)C1CC1. The van der Waals surface area contributed by atoms with Gasteiger partial charge in [0.25, 0.3) is 0 Å². The number of hydrogen-bond acceptors (Lipinski definition) is 2. The van der Waals surface area contributed by atoms with Gasteiger partial charge in [0.05, 0.1) is 12.7 Å². The summed E-state index contributed by atoms with van der Waals surface area (Å²) in [5.74, 6) is 0.886. The van der Waals surface area contributed by atoms with Crippen LogP contribution in [0.25, 0.3) is 0 Å². The fraction of sp³-hybridized carbons (Fsp3) is 1.00. The van der Waals surface area contributed by atoms with Crippen molar-refractivity contribution in [3.63, 3.8) is 0 Å². The van der Waals surface area contributed by atoms with Gasteiger partial charge in [-0.15, -0.1) is 0 Å². The molecule has 0 aromatic carbocycles. The van der Waals surface area contributed by atoms with E-state index in [1.54, 1.807) is 0 Å². The first kappa shape index (κ1) is 14.0. The van der Waals surface area contributed by atoms with Gasteiger partial charge < -0.3 is 10.1 Å². The van der Waals surface area contributed by atoms with E-state index in [1.807, 2.05) is 0 Å². The summed E-state index contributed by atoms with van der Waals surface area (Å²) in [6.45, 7) is 5.37. The molecule has 1 saturated carbocycles. The van der Waals surface area contributed by atoms with Gasteiger partial charge >= 0.3 is 0 Å². The number of rotatable bonds is 10. The lowest BCUT2D eigenvalue weighted by Crippen LogP contribution is -2.33. The maximum Gasteiger partial charge on any atom is 0.0625 e. The Kier molecular flexibility index (Phi) is 7.06. The van der Waals surface area contributed by atoms with Crippen molar-refractivity contribution in [1.29, 1.82) is 0 Å². The molecule has 0 bridgehead atoms. The number of hydrogen-bond donors (Lipinski definition) is 1. The van der Waals surface area contributed by atoms with Gasteiger partial charge in [-0.3, -0.25) is 0 Å². The highest BCUT2D eigenvalue weighted by Gasteiger charge is 2.30. The topological polar surface area (TPSA) is 21.3 Å². The molecule has 0 aromatic rings. The van der Waals surface area contributed by atoms with Gasteiger partial charge in [0.15, 0.2) is 0 Å². The van der Waals surface area contributed by atoms with Crippen LogP contribution in [0.3, 0.4) is 0 Å². The number of unbranched alkanes of at least 4 members (excludes halogenated alkanes) is 3. The van der Waals surface area contributed by atoms with Gasteiger partial charge in [0, 0.05) is 6.04 Å². The van der Waals surface area contributed by atoms with E-state index in [0.29, 0.717) is 12.1 Å². The van der Waals surface area contributed by atoms with Gasteiger partial charge in [-0.05, 0) is 39.2 Å². The van der Waals surface area contributed by atoms with Crippen LogP contribution in [0, 0.1) is 5.92 Å². The molecule has 2 heteroatoms. The molecule has 1 aliphatic rings. The summed E-state index contributed by atoms with van der Waals surface area (Å²) in [7, 11) is 2.05. The van der Waals surface area contributed by atoms with Crippen molar-refractivity contribution in [2.75, 3.05) is 13.7 Å². The van der Waals surface area contributed by atoms with Crippen molar-refractivity contribution in [2.24, 2.45) is 5.92 Å². The third-order valence-electron chi connectivity index (χ3n) is 3.59. The molecule has 1 fully saturated rings. The highest BCUT2D eigenvalue weighted by Crippen LogP contribution is 2.32. The predicted molar refractivity (Wildman–Crippen MR) is 69.7 cm³/mol. The molecule has 0 radical (unpaired) electrons. The number of ether oxygens (including phenoxy) is 1. The van der Waals surface area contributed by atoms with Crippen LogP contribution < -0.4 is 5.32 Å². The molecule has 0 aliphatic heterocycles. The molecule has 2 atom stereocenters. The summed E-state index contributed by atoms with van der Waals surface area (Å²) in [5.41, 5.74) is 0. The van der Waals surface area contributed by atoms with E-state index in [4.69, 9.17) is 4.74 Å². The van der Waals surface area contributed by atoms with E-state index >= 15 is 0 Å². The van der Waals surface area contributed by atoms with Crippen LogP contribution in [-0.2, 0) is 4.74 Å². The standard InChI is InChI=1S/C14H29NO/c1-4-5-6-7-8-12(2)16-11-14(15-3)13-9-10-13/h12-15H,4-11H2,1-3H3. The summed E-state index contributed by atoms with van der Waals surface area (Å²) in [6.07, 6.45) is 9.81. The molecule has 0 spiro atoms. The van der Waals surface area contributed by atoms with Crippen LogP contribution in [0.1, 0.15) is 58.8 Å². The Hall–Kier alpha value is -0.0800. The second-order valence-electron chi connectivity index (χ2n) is 5.23. The van der Waals surface area contributed by atoms with Crippen molar-refractivity contribution in [3.05, 3.63) is 0 Å². The molecule has 0 amide bonds. The summed E-state index contributed by atoms with van der Waals surface area (Å²) in [6, 6.07) is 0.595. The summed E-state index contributed by atoms with van der Waals surface area (Å²) < 4.78 is 5.91. The summed E-state index contributed by atoms with van der Waals surface area (Å²) in [5, 5.41) is 3.37. The monoisotopic (exact) mass is 227 g/mol. The zero-order valence-electron chi connectivity index (χ0n) is 11.3. The smallest absolute Gasteiger partial charge is 0.0625 e. The Bertz CT molecular complexity index is 168. The average Bonchev–Trinajstić information content (AvgIpc) is 3.10. The minimum absolute atomic E-state index is 0.437. The molecule has 16 heavy (non-hydrogen) atoms. The highest BCUT2D eigenvalue weighted by molar-refractivity contribution is 4.85. The maximum absolute atomic E-state index is 5.91. The molecular weight excluding hydrogens is 198 g/mol. The fourth-order valence-electron chi connectivity index (χ4n) is 2.16. The summed E-state index contributed by atoms with van der Waals surface area (Å²) >= 11 is 0. The van der Waals surface area contributed by atoms with E-state index in [2.05, 4.69) is 26.2 Å². The zero-order chi connectivity index (χ0) is 11.8. The van der Waals surface area contributed by atoms with Crippen LogP contribution in [0.2, 0.25) is 0 Å². The second kappa shape index (κ2) is 8.08. The molecule has 0 saturated heterocycles. The molecule has 96 valence electrons. The second-order valence-corrected chi connectivity index (χ2v) is 5.23. The number of nitrogens with one attached hydrogen (secondary N) is 1. The predicted octanol–water partition coefficient (Wildman–Crippen LogP) is 3.36. The van der Waals surface area contributed by atoms with Gasteiger partial charge in [-0.2, -0.15) is 0 Å². The first-order valence-corrected chi connectivity index (χ1v) is 7.06. The van der Waals surface area contributed by atoms with Gasteiger partial charge in [-0.25, -0.2) is 0 Å². The molecule has 2 unspecified atom stereocenters. The normalized spacial score (nSPS) is 19.7. The summed E-state index contributed by atoms with van der Waals surface area (Å²) in [4.78, 5) is 0. The van der Waals surface area contributed by atoms with Crippen LogP contribution in [-0.4, -0.2) is 25.8 Å². The van der Waals surface area contributed by atoms with Gasteiger partial charge in [-0.1, -0.05) is 32.6 Å². The zero-order valence-corrected chi connectivity index (χ0v) is 11.3. The van der Waals surface area contributed by atoms with Crippen molar-refractivity contribution >= 4 is 0 Å². The van der Waals surface area contributed by atoms with Crippen LogP contribution in [0.4, 0.5) is 0 Å². The van der Waals surface area contributed by atoms with Crippen LogP contribution in [0.15, 0.2) is 0 Å². The molecule has 2 nitrogen and oxygen atoms in total. The van der Waals surface area contributed by atoms with Crippen molar-refractivity contribution < 1.29 is 4.74 Å². The molecule has 1 aliphatic carbocycles. The molecule has 1 N–H and O–H groups in total. The Morgan fingerprint density at radius 2 is 2.00 bits per heavy atom. The van der Waals surface area contributed by atoms with Crippen LogP contribution in [0.5, 0.6) is 0 Å². The van der Waals surface area contributed by atoms with E-state index in [0.717, 1.165) is 12.5 Å². The Balaban J connectivity index is 1.97. The van der Waals surface area contributed by atoms with Gasteiger partial charge in [0.1, 0.15) is 0 Å². The highest BCUT2D eigenvalue weighted by atomic mass is 16.5. The maximum atomic E-state index is 5.91. The molecule has 1 rings (SSSR count). The third kappa shape index (κ3) is 5.86. The number of likely N-dealkylation sites (N-methyl/N-ethyl adjacent to an activating group) is 1. The Labute approximate surface area is 101 Å². The lowest BCUT2D eigenvalue weighted by atomic mass is 10.1. The lowest BCUT2D eigenvalue weighted by molar-refractivity contribution is 0.0406. The lowest BCUT2D eigenvalue weighted by Gasteiger charge is -2.19. The quantitative estimate of drug-likeness (QED) is 0.578. The largest absolute Gasteiger partial charge is 0.377 e. The Morgan fingerprint density at radius 3 is 2.56 bits per heavy atom. The fourth-order valence-corrected chi connectivity index (χ4v) is 2.16. The third-order valence-corrected chi connectivity index (χ3v) is 3.59. The van der Waals surface area contributed by atoms with Gasteiger partial charge in [0.2, 0.25) is 0 Å².